The molecule has 0 aliphatic heterocycles. The maximum absolute atomic E-state index is 9.11. The fourth-order valence-corrected chi connectivity index (χ4v) is 5.31. The van der Waals surface area contributed by atoms with Crippen LogP contribution in [-0.4, -0.2) is 19.5 Å². The zero-order valence-electron chi connectivity index (χ0n) is 30.7. The molecular weight excluding hydrogens is 524 g/mol. The number of benzene rings is 6. The lowest BCUT2D eigenvalue weighted by Crippen LogP contribution is -2.04. The maximum Gasteiger partial charge on any atom is 0.166 e. The molecule has 8 rings (SSSR count). The van der Waals surface area contributed by atoms with Gasteiger partial charge >= 0.3 is 0 Å². The van der Waals surface area contributed by atoms with Gasteiger partial charge in [0, 0.05) is 27.5 Å². The smallest absolute Gasteiger partial charge is 0.166 e. The van der Waals surface area contributed by atoms with E-state index in [1.54, 1.807) is 0 Å². The summed E-state index contributed by atoms with van der Waals surface area (Å²) in [6.07, 6.45) is 0. The van der Waals surface area contributed by atoms with Crippen molar-refractivity contribution in [1.29, 1.82) is 0 Å². The van der Waals surface area contributed by atoms with Crippen LogP contribution in [-0.2, 0) is 0 Å². The Morgan fingerprint density at radius 1 is 0.442 bits per heavy atom. The minimum atomic E-state index is -0.505. The summed E-state index contributed by atoms with van der Waals surface area (Å²) >= 11 is 0. The highest BCUT2D eigenvalue weighted by molar-refractivity contribution is 6.09. The average Bonchev–Trinajstić information content (AvgIpc) is 3.55. The van der Waals surface area contributed by atoms with Crippen molar-refractivity contribution in [2.24, 2.45) is 0 Å². The van der Waals surface area contributed by atoms with E-state index in [1.165, 1.54) is 4.57 Å². The van der Waals surface area contributed by atoms with E-state index in [2.05, 4.69) is 0 Å². The Labute approximate surface area is 260 Å². The first kappa shape index (κ1) is 17.8. The van der Waals surface area contributed by atoms with E-state index in [-0.39, 0.29) is 39.7 Å². The SMILES string of the molecule is [2H]c1c([2H])c([2H])c2c(c1[2H])c1c([2H])c([2H])c([2H])c([2H])c1n2-c1cc(-c2ccccc2)ccc1-c1nc(-c2ccccc2)nc(-c2ccccc2)n1. The molecule has 8 aromatic rings. The standard InChI is InChI=1S/C39H26N4/c1-4-14-27(15-5-1)30-24-25-33(36(26-30)43-34-22-12-10-20-31(34)32-21-11-13-23-35(32)43)39-41-37(28-16-6-2-7-17-28)40-38(42-39)29-18-8-3-9-19-29/h1-26H/i10D,11D,12D,13D,20D,21D,22D,23D. The molecule has 0 atom stereocenters. The molecule has 0 spiro atoms. The van der Waals surface area contributed by atoms with Crippen molar-refractivity contribution in [2.45, 2.75) is 0 Å². The molecule has 0 saturated carbocycles. The fourth-order valence-electron chi connectivity index (χ4n) is 5.31. The number of fused-ring (bicyclic) bond motifs is 3. The number of rotatable bonds is 5. The molecule has 4 heteroatoms. The van der Waals surface area contributed by atoms with Gasteiger partial charge in [0.2, 0.25) is 0 Å². The summed E-state index contributed by atoms with van der Waals surface area (Å²) in [4.78, 5) is 14.7. The Hall–Kier alpha value is -5.87. The molecule has 0 aliphatic carbocycles. The number of hydrogen-bond donors (Lipinski definition) is 0. The summed E-state index contributed by atoms with van der Waals surface area (Å²) in [7, 11) is 0. The predicted molar refractivity (Wildman–Crippen MR) is 176 cm³/mol. The Balaban J connectivity index is 1.56. The first-order valence-corrected chi connectivity index (χ1v) is 13.7. The van der Waals surface area contributed by atoms with Gasteiger partial charge < -0.3 is 4.57 Å². The minimum Gasteiger partial charge on any atom is -0.308 e. The lowest BCUT2D eigenvalue weighted by molar-refractivity contribution is 1.06. The summed E-state index contributed by atoms with van der Waals surface area (Å²) in [5, 5.41) is -0.0191. The van der Waals surface area contributed by atoms with Gasteiger partial charge in [0.25, 0.3) is 0 Å². The molecule has 0 N–H and O–H groups in total. The van der Waals surface area contributed by atoms with Crippen LogP contribution in [0.3, 0.4) is 0 Å². The van der Waals surface area contributed by atoms with Crippen LogP contribution in [0.5, 0.6) is 0 Å². The minimum absolute atomic E-state index is 0.00934. The van der Waals surface area contributed by atoms with Gasteiger partial charge in [0.05, 0.1) is 27.7 Å². The van der Waals surface area contributed by atoms with Crippen molar-refractivity contribution < 1.29 is 11.0 Å². The quantitative estimate of drug-likeness (QED) is 0.211. The van der Waals surface area contributed by atoms with Gasteiger partial charge in [-0.3, -0.25) is 0 Å². The van der Waals surface area contributed by atoms with Gasteiger partial charge in [-0.2, -0.15) is 0 Å². The summed E-state index contributed by atoms with van der Waals surface area (Å²) in [5.41, 5.74) is 3.94. The van der Waals surface area contributed by atoms with Crippen molar-refractivity contribution in [1.82, 2.24) is 19.5 Å². The Morgan fingerprint density at radius 2 is 0.907 bits per heavy atom. The molecule has 0 aliphatic rings. The topological polar surface area (TPSA) is 43.6 Å². The number of hydrogen-bond acceptors (Lipinski definition) is 3. The molecule has 0 bridgehead atoms. The Kier molecular flexibility index (Phi) is 4.36. The van der Waals surface area contributed by atoms with Crippen LogP contribution < -0.4 is 0 Å². The van der Waals surface area contributed by atoms with Crippen LogP contribution in [0.1, 0.15) is 11.0 Å². The van der Waals surface area contributed by atoms with E-state index in [0.29, 0.717) is 22.9 Å². The number of nitrogens with zero attached hydrogens (tertiary/aromatic N) is 4. The van der Waals surface area contributed by atoms with Gasteiger partial charge in [0.1, 0.15) is 0 Å². The lowest BCUT2D eigenvalue weighted by Gasteiger charge is -2.16. The summed E-state index contributed by atoms with van der Waals surface area (Å²) in [5.74, 6) is 1.07. The van der Waals surface area contributed by atoms with E-state index in [4.69, 9.17) is 25.9 Å². The first-order valence-electron chi connectivity index (χ1n) is 17.7. The highest BCUT2D eigenvalue weighted by atomic mass is 15.1. The predicted octanol–water partition coefficient (Wildman–Crippen LogP) is 9.64. The van der Waals surface area contributed by atoms with Gasteiger partial charge in [-0.15, -0.1) is 0 Å². The van der Waals surface area contributed by atoms with Crippen molar-refractivity contribution in [3.8, 4) is 51.0 Å². The molecule has 2 aromatic heterocycles. The van der Waals surface area contributed by atoms with Crippen LogP contribution in [0.2, 0.25) is 0 Å². The van der Waals surface area contributed by atoms with E-state index in [9.17, 15) is 0 Å². The summed E-state index contributed by atoms with van der Waals surface area (Å²) in [6.45, 7) is 0. The fraction of sp³-hybridized carbons (Fsp3) is 0. The molecule has 0 amide bonds. The third kappa shape index (κ3) is 4.46. The lowest BCUT2D eigenvalue weighted by atomic mass is 10.0. The summed E-state index contributed by atoms with van der Waals surface area (Å²) in [6, 6.07) is 30.5. The second kappa shape index (κ2) is 10.5. The zero-order valence-corrected chi connectivity index (χ0v) is 22.7. The van der Waals surface area contributed by atoms with Crippen LogP contribution in [0.25, 0.3) is 72.8 Å². The van der Waals surface area contributed by atoms with E-state index >= 15 is 0 Å². The van der Waals surface area contributed by atoms with Gasteiger partial charge in [0.15, 0.2) is 17.5 Å². The largest absolute Gasteiger partial charge is 0.308 e. The van der Waals surface area contributed by atoms with Gasteiger partial charge in [-0.05, 0) is 35.3 Å². The third-order valence-corrected chi connectivity index (χ3v) is 7.32. The molecule has 0 unspecified atom stereocenters. The monoisotopic (exact) mass is 558 g/mol. The van der Waals surface area contributed by atoms with E-state index < -0.39 is 36.3 Å². The average molecular weight is 559 g/mol. The number of aromatic nitrogens is 4. The van der Waals surface area contributed by atoms with Gasteiger partial charge in [-0.1, -0.05) is 133 Å². The van der Waals surface area contributed by atoms with Gasteiger partial charge in [-0.25, -0.2) is 15.0 Å². The number of para-hydroxylation sites is 2. The van der Waals surface area contributed by atoms with Crippen molar-refractivity contribution >= 4 is 21.8 Å². The van der Waals surface area contributed by atoms with Crippen LogP contribution in [0, 0.1) is 0 Å². The third-order valence-electron chi connectivity index (χ3n) is 7.32. The van der Waals surface area contributed by atoms with E-state index in [0.717, 1.165) is 22.3 Å². The molecule has 2 heterocycles. The van der Waals surface area contributed by atoms with Crippen LogP contribution in [0.15, 0.2) is 158 Å². The normalized spacial score (nSPS) is 13.9. The maximum atomic E-state index is 9.11. The van der Waals surface area contributed by atoms with Crippen molar-refractivity contribution in [3.05, 3.63) is 158 Å². The molecule has 202 valence electrons. The molecule has 4 nitrogen and oxygen atoms in total. The highest BCUT2D eigenvalue weighted by Crippen LogP contribution is 2.38. The molecule has 0 saturated heterocycles. The zero-order chi connectivity index (χ0) is 35.6. The second-order valence-corrected chi connectivity index (χ2v) is 9.92. The molecular formula is C39H26N4. The van der Waals surface area contributed by atoms with E-state index in [1.807, 2.05) is 109 Å². The second-order valence-electron chi connectivity index (χ2n) is 9.92. The van der Waals surface area contributed by atoms with Crippen LogP contribution >= 0.6 is 0 Å². The first-order chi connectivity index (χ1) is 24.7. The molecule has 6 aromatic carbocycles. The molecule has 0 fully saturated rings. The Bertz CT molecular complexity index is 2530. The molecule has 0 radical (unpaired) electrons. The molecule has 43 heavy (non-hydrogen) atoms. The van der Waals surface area contributed by atoms with Crippen LogP contribution in [0.4, 0.5) is 0 Å². The van der Waals surface area contributed by atoms with Crippen molar-refractivity contribution in [2.75, 3.05) is 0 Å². The highest BCUT2D eigenvalue weighted by Gasteiger charge is 2.20. The summed E-state index contributed by atoms with van der Waals surface area (Å²) < 4.78 is 71.8. The Morgan fingerprint density at radius 3 is 1.44 bits per heavy atom. The van der Waals surface area contributed by atoms with Crippen molar-refractivity contribution in [3.63, 3.8) is 0 Å².